The fourth-order valence-electron chi connectivity index (χ4n) is 2.54. The van der Waals surface area contributed by atoms with Crippen LogP contribution in [-0.4, -0.2) is 17.7 Å². The summed E-state index contributed by atoms with van der Waals surface area (Å²) >= 11 is 6.28. The molecule has 3 aromatic rings. The zero-order valence-corrected chi connectivity index (χ0v) is 18.2. The maximum atomic E-state index is 13.0. The van der Waals surface area contributed by atoms with Crippen LogP contribution in [-0.2, 0) is 22.0 Å². The number of hydrogen-bond acceptors (Lipinski definition) is 6. The molecule has 0 fully saturated rings. The Labute approximate surface area is 187 Å². The first kappa shape index (κ1) is 23.0. The number of halogens is 3. The number of nitrogens with zero attached hydrogens (tertiary/aromatic N) is 1. The molecular weight excluding hydrogens is 467 g/mol. The Kier molecular flexibility index (Phi) is 7.19. The number of thioether (sulfide) groups is 1. The van der Waals surface area contributed by atoms with Crippen molar-refractivity contribution in [1.29, 1.82) is 0 Å². The molecule has 5 nitrogen and oxygen atoms in total. The summed E-state index contributed by atoms with van der Waals surface area (Å²) < 4.78 is 66.8. The molecule has 0 unspecified atom stereocenters. The molecular formula is C20H16F3N3O2S3. The monoisotopic (exact) mass is 483 g/mol. The number of pyridine rings is 1. The van der Waals surface area contributed by atoms with Crippen molar-refractivity contribution in [2.75, 3.05) is 5.32 Å². The smallest absolute Gasteiger partial charge is 0.354 e. The van der Waals surface area contributed by atoms with Gasteiger partial charge in [0.1, 0.15) is 9.22 Å². The summed E-state index contributed by atoms with van der Waals surface area (Å²) in [5.41, 5.74) is 0.270. The number of sulfonamides is 1. The quantitative estimate of drug-likeness (QED) is 0.461. The second-order valence-corrected chi connectivity index (χ2v) is 9.55. The van der Waals surface area contributed by atoms with E-state index in [9.17, 15) is 21.6 Å². The number of nitrogens with one attached hydrogen (secondary N) is 2. The molecule has 2 aromatic carbocycles. The first-order valence-electron chi connectivity index (χ1n) is 8.77. The first-order valence-corrected chi connectivity index (χ1v) is 11.6. The Morgan fingerprint density at radius 1 is 1.06 bits per heavy atom. The van der Waals surface area contributed by atoms with Crippen LogP contribution in [0, 0.1) is 0 Å². The van der Waals surface area contributed by atoms with Crippen LogP contribution in [0.4, 0.5) is 24.5 Å². The molecule has 0 aliphatic carbocycles. The van der Waals surface area contributed by atoms with Gasteiger partial charge in [0.05, 0.1) is 11.3 Å². The van der Waals surface area contributed by atoms with E-state index in [1.54, 1.807) is 0 Å². The van der Waals surface area contributed by atoms with Gasteiger partial charge in [-0.3, -0.25) is 9.71 Å². The van der Waals surface area contributed by atoms with Crippen molar-refractivity contribution in [2.24, 2.45) is 0 Å². The van der Waals surface area contributed by atoms with E-state index < -0.39 is 21.8 Å². The van der Waals surface area contributed by atoms with Gasteiger partial charge in [-0.1, -0.05) is 60.4 Å². The van der Waals surface area contributed by atoms with Crippen LogP contribution in [0.2, 0.25) is 0 Å². The SMILES string of the molecule is O=S(=O)(NC(=S)SCc1ccccc1)c1cnccc1Nc1cccc(C(F)(F)F)c1. The molecule has 3 rings (SSSR count). The maximum absolute atomic E-state index is 13.0. The van der Waals surface area contributed by atoms with Crippen molar-refractivity contribution in [3.63, 3.8) is 0 Å². The molecule has 0 atom stereocenters. The minimum atomic E-state index is -4.52. The maximum Gasteiger partial charge on any atom is 0.416 e. The number of aromatic nitrogens is 1. The third-order valence-corrected chi connectivity index (χ3v) is 6.91. The second kappa shape index (κ2) is 9.67. The molecule has 1 aromatic heterocycles. The highest BCUT2D eigenvalue weighted by Crippen LogP contribution is 2.32. The van der Waals surface area contributed by atoms with Crippen molar-refractivity contribution in [3.05, 3.63) is 84.2 Å². The van der Waals surface area contributed by atoms with Crippen LogP contribution in [0.1, 0.15) is 11.1 Å². The minimum Gasteiger partial charge on any atom is -0.354 e. The number of benzene rings is 2. The van der Waals surface area contributed by atoms with E-state index in [1.165, 1.54) is 24.4 Å². The summed E-state index contributed by atoms with van der Waals surface area (Å²) in [4.78, 5) is 3.58. The molecule has 0 amide bonds. The Morgan fingerprint density at radius 3 is 2.52 bits per heavy atom. The first-order chi connectivity index (χ1) is 14.6. The summed E-state index contributed by atoms with van der Waals surface area (Å²) in [5.74, 6) is 0.477. The molecule has 11 heteroatoms. The van der Waals surface area contributed by atoms with Gasteiger partial charge >= 0.3 is 6.18 Å². The van der Waals surface area contributed by atoms with Crippen LogP contribution in [0.5, 0.6) is 0 Å². The number of thiocarbonyl (C=S) groups is 1. The topological polar surface area (TPSA) is 71.1 Å². The Hall–Kier alpha value is -2.63. The summed E-state index contributed by atoms with van der Waals surface area (Å²) in [5, 5.41) is 2.71. The molecule has 0 aliphatic heterocycles. The van der Waals surface area contributed by atoms with Gasteiger partial charge in [-0.25, -0.2) is 8.42 Å². The highest BCUT2D eigenvalue weighted by molar-refractivity contribution is 8.23. The van der Waals surface area contributed by atoms with Crippen molar-refractivity contribution in [1.82, 2.24) is 9.71 Å². The normalized spacial score (nSPS) is 11.7. The van der Waals surface area contributed by atoms with E-state index in [1.807, 2.05) is 30.3 Å². The zero-order chi connectivity index (χ0) is 22.5. The average Bonchev–Trinajstić information content (AvgIpc) is 2.73. The number of hydrogen-bond donors (Lipinski definition) is 2. The fourth-order valence-corrected chi connectivity index (χ4v) is 5.04. The lowest BCUT2D eigenvalue weighted by atomic mass is 10.2. The standard InChI is InChI=1S/C20H16F3N3O2S3/c21-20(22,23)15-7-4-8-16(11-15)25-17-9-10-24-12-18(17)31(27,28)26-19(29)30-13-14-5-2-1-3-6-14/h1-12H,13H2,(H,24,25)(H,26,29). The molecule has 162 valence electrons. The zero-order valence-electron chi connectivity index (χ0n) is 15.8. The van der Waals surface area contributed by atoms with Gasteiger partial charge in [-0.15, -0.1) is 0 Å². The second-order valence-electron chi connectivity index (χ2n) is 6.24. The molecule has 0 radical (unpaired) electrons. The van der Waals surface area contributed by atoms with E-state index in [-0.39, 0.29) is 20.6 Å². The molecule has 2 N–H and O–H groups in total. The molecule has 0 saturated heterocycles. The molecule has 0 bridgehead atoms. The Morgan fingerprint density at radius 2 is 1.81 bits per heavy atom. The van der Waals surface area contributed by atoms with Crippen molar-refractivity contribution >= 4 is 49.7 Å². The third-order valence-electron chi connectivity index (χ3n) is 3.97. The average molecular weight is 484 g/mol. The lowest BCUT2D eigenvalue weighted by Crippen LogP contribution is -2.28. The predicted octanol–water partition coefficient (Wildman–Crippen LogP) is 5.34. The number of alkyl halides is 3. The van der Waals surface area contributed by atoms with Gasteiger partial charge in [-0.05, 0) is 29.8 Å². The molecule has 0 aliphatic rings. The number of anilines is 2. The van der Waals surface area contributed by atoms with E-state index in [4.69, 9.17) is 12.2 Å². The summed E-state index contributed by atoms with van der Waals surface area (Å²) in [6, 6.07) is 15.2. The molecule has 1 heterocycles. The summed E-state index contributed by atoms with van der Waals surface area (Å²) in [6.45, 7) is 0. The van der Waals surface area contributed by atoms with Gasteiger partial charge in [0.25, 0.3) is 10.0 Å². The van der Waals surface area contributed by atoms with Crippen LogP contribution < -0.4 is 10.0 Å². The Bertz CT molecular complexity index is 1170. The van der Waals surface area contributed by atoms with E-state index >= 15 is 0 Å². The van der Waals surface area contributed by atoms with Crippen molar-refractivity contribution in [2.45, 2.75) is 16.8 Å². The molecule has 31 heavy (non-hydrogen) atoms. The largest absolute Gasteiger partial charge is 0.416 e. The van der Waals surface area contributed by atoms with E-state index in [0.29, 0.717) is 5.75 Å². The number of rotatable bonds is 6. The predicted molar refractivity (Wildman–Crippen MR) is 120 cm³/mol. The summed E-state index contributed by atoms with van der Waals surface area (Å²) in [6.07, 6.45) is -2.09. The highest BCUT2D eigenvalue weighted by Gasteiger charge is 2.30. The van der Waals surface area contributed by atoms with Gasteiger partial charge in [-0.2, -0.15) is 13.2 Å². The van der Waals surface area contributed by atoms with E-state index in [0.717, 1.165) is 35.7 Å². The van der Waals surface area contributed by atoms with Crippen molar-refractivity contribution < 1.29 is 21.6 Å². The van der Waals surface area contributed by atoms with Gasteiger partial charge in [0.2, 0.25) is 0 Å². The van der Waals surface area contributed by atoms with Crippen LogP contribution in [0.3, 0.4) is 0 Å². The third kappa shape index (κ3) is 6.42. The van der Waals surface area contributed by atoms with Crippen LogP contribution in [0.25, 0.3) is 0 Å². The fraction of sp³-hybridized carbons (Fsp3) is 0.100. The lowest BCUT2D eigenvalue weighted by Gasteiger charge is -2.15. The van der Waals surface area contributed by atoms with Gasteiger partial charge in [0, 0.05) is 23.8 Å². The van der Waals surface area contributed by atoms with Gasteiger partial charge < -0.3 is 5.32 Å². The van der Waals surface area contributed by atoms with Crippen molar-refractivity contribution in [3.8, 4) is 0 Å². The summed E-state index contributed by atoms with van der Waals surface area (Å²) in [7, 11) is -4.11. The van der Waals surface area contributed by atoms with E-state index in [2.05, 4.69) is 15.0 Å². The molecule has 0 saturated carbocycles. The highest BCUT2D eigenvalue weighted by atomic mass is 32.2. The minimum absolute atomic E-state index is 0.0396. The Balaban J connectivity index is 1.76. The van der Waals surface area contributed by atoms with Crippen LogP contribution >= 0.6 is 24.0 Å². The lowest BCUT2D eigenvalue weighted by molar-refractivity contribution is -0.137. The molecule has 0 spiro atoms. The van der Waals surface area contributed by atoms with Gasteiger partial charge in [0.15, 0.2) is 0 Å². The van der Waals surface area contributed by atoms with Crippen LogP contribution in [0.15, 0.2) is 78.0 Å².